The van der Waals surface area contributed by atoms with Crippen LogP contribution in [-0.2, 0) is 25.5 Å². The molecule has 0 spiro atoms. The molecule has 4 aromatic rings. The van der Waals surface area contributed by atoms with Gasteiger partial charge in [0.05, 0.1) is 0 Å². The largest absolute Gasteiger partial charge is 0.502 e. The molecule has 0 amide bonds. The standard InChI is InChI=1S/C21H26FNO.C21H27N2.2ClH.Ru/c1-14(2)24-20-10-8-17(21(4,5)6)12-19(20)23-13-16-7-9-18(22)11-15(16)3;1-14-9-16(3)20(17(4)10-14)22-7-8-23(13-22)21-18(5)11-15(2)12-19(21)6;;;/h3,7-12,14,23H,13H2,1-2,4-6H3;9-13H,7-8H2,1-6H3;2*1H;/q;-1;;;+2/p-1. The van der Waals surface area contributed by atoms with Crippen LogP contribution in [0.1, 0.15) is 84.7 Å². The van der Waals surface area contributed by atoms with Gasteiger partial charge >= 0.3 is 175 Å². The van der Waals surface area contributed by atoms with Crippen molar-refractivity contribution in [3.8, 4) is 5.75 Å². The number of nitrogens with one attached hydrogen (secondary N) is 1. The minimum absolute atomic E-state index is 0.0395. The third kappa shape index (κ3) is 10.6. The normalized spacial score (nSPS) is 13.3. The van der Waals surface area contributed by atoms with Crippen molar-refractivity contribution in [2.75, 3.05) is 28.2 Å². The zero-order chi connectivity index (χ0) is 36.9. The van der Waals surface area contributed by atoms with Crippen molar-refractivity contribution in [2.24, 2.45) is 0 Å². The summed E-state index contributed by atoms with van der Waals surface area (Å²) in [5, 5.41) is 3.47. The molecule has 0 unspecified atom stereocenters. The fourth-order valence-corrected chi connectivity index (χ4v) is 8.58. The average molecular weight is 808 g/mol. The zero-order valence-corrected chi connectivity index (χ0v) is 34.7. The van der Waals surface area contributed by atoms with Crippen molar-refractivity contribution in [1.29, 1.82) is 0 Å². The summed E-state index contributed by atoms with van der Waals surface area (Å²) in [4.78, 5) is 4.81. The summed E-state index contributed by atoms with van der Waals surface area (Å²) >= 11 is -2.04. The summed E-state index contributed by atoms with van der Waals surface area (Å²) in [6, 6.07) is 20.2. The number of ether oxygens (including phenoxy) is 1. The Balaban J connectivity index is 0.000000227. The van der Waals surface area contributed by atoms with Crippen molar-refractivity contribution in [3.63, 3.8) is 0 Å². The van der Waals surface area contributed by atoms with Crippen LogP contribution in [0.25, 0.3) is 0 Å². The van der Waals surface area contributed by atoms with Gasteiger partial charge < -0.3 is 9.80 Å². The second-order valence-corrected chi connectivity index (χ2v) is 20.4. The van der Waals surface area contributed by atoms with Gasteiger partial charge in [0, 0.05) is 24.5 Å². The number of nitrogens with zero attached hydrogens (tertiary/aromatic N) is 2. The van der Waals surface area contributed by atoms with Crippen LogP contribution in [0.2, 0.25) is 0 Å². The number of benzene rings is 4. The molecule has 1 aliphatic rings. The Bertz CT molecular complexity index is 1740. The fraction of sp³-hybridized carbons (Fsp3) is 0.381. The molecule has 1 saturated heterocycles. The van der Waals surface area contributed by atoms with Gasteiger partial charge in [-0.2, -0.15) is 6.67 Å². The SMILES string of the molecule is CC(C)[OH+]c1ccc(C(C)(C)C)cc1NCc1ccc(F)cc1[CH]=[Ru]([Cl])[Cl].Cc1cc(C)c(N2[CH-]N(c3c(C)cc(C)cc3C)CC2)c(C)c1. The van der Waals surface area contributed by atoms with Gasteiger partial charge in [-0.15, -0.1) is 0 Å². The van der Waals surface area contributed by atoms with E-state index in [1.54, 1.807) is 10.7 Å². The third-order valence-electron chi connectivity index (χ3n) is 8.73. The monoisotopic (exact) mass is 807 g/mol. The molecule has 5 rings (SSSR count). The quantitative estimate of drug-likeness (QED) is 0.0833. The van der Waals surface area contributed by atoms with Crippen LogP contribution in [0, 0.1) is 54.0 Å². The van der Waals surface area contributed by atoms with Crippen LogP contribution in [0.5, 0.6) is 5.75 Å². The molecule has 8 heteroatoms. The number of hydrogen-bond donors (Lipinski definition) is 1. The van der Waals surface area contributed by atoms with Crippen molar-refractivity contribution in [2.45, 2.75) is 94.2 Å². The molecule has 0 radical (unpaired) electrons. The predicted molar refractivity (Wildman–Crippen MR) is 213 cm³/mol. The topological polar surface area (TPSA) is 31.3 Å². The molecule has 1 aliphatic heterocycles. The van der Waals surface area contributed by atoms with Gasteiger partial charge in [-0.1, -0.05) is 35.4 Å². The Morgan fingerprint density at radius 2 is 1.34 bits per heavy atom. The Morgan fingerprint density at radius 1 is 0.820 bits per heavy atom. The third-order valence-corrected chi connectivity index (χ3v) is 10.6. The molecule has 0 bridgehead atoms. The van der Waals surface area contributed by atoms with Gasteiger partial charge in [-0.25, -0.2) is 0 Å². The number of aryl methyl sites for hydroxylation is 6. The maximum absolute atomic E-state index is 13.6. The molecule has 0 aromatic heterocycles. The van der Waals surface area contributed by atoms with Gasteiger partial charge in [0.15, 0.2) is 0 Å². The summed E-state index contributed by atoms with van der Waals surface area (Å²) in [7, 11) is 12.0. The van der Waals surface area contributed by atoms with Crippen LogP contribution in [0.15, 0.2) is 60.7 Å². The average Bonchev–Trinajstić information content (AvgIpc) is 3.44. The van der Waals surface area contributed by atoms with E-state index in [1.807, 2.05) is 0 Å². The molecule has 0 saturated carbocycles. The molecule has 1 heterocycles. The smallest absolute Gasteiger partial charge is 0.0146 e. The first-order chi connectivity index (χ1) is 23.4. The van der Waals surface area contributed by atoms with Gasteiger partial charge in [0.2, 0.25) is 0 Å². The number of halogens is 3. The first-order valence-electron chi connectivity index (χ1n) is 17.2. The van der Waals surface area contributed by atoms with Gasteiger partial charge in [0.1, 0.15) is 0 Å². The van der Waals surface area contributed by atoms with E-state index in [-0.39, 0.29) is 17.3 Å². The first-order valence-corrected chi connectivity index (χ1v) is 22.7. The van der Waals surface area contributed by atoms with Gasteiger partial charge in [0.25, 0.3) is 0 Å². The Kier molecular flexibility index (Phi) is 13.6. The van der Waals surface area contributed by atoms with Crippen LogP contribution in [-0.4, -0.2) is 28.5 Å². The van der Waals surface area contributed by atoms with Crippen LogP contribution >= 0.6 is 19.4 Å². The molecule has 0 aliphatic carbocycles. The molecular formula is C42H54Cl2FN3ORu. The Labute approximate surface area is 313 Å². The summed E-state index contributed by atoms with van der Waals surface area (Å²) in [5.41, 5.74) is 14.8. The maximum atomic E-state index is 13.6. The zero-order valence-electron chi connectivity index (χ0n) is 31.5. The molecule has 4 nitrogen and oxygen atoms in total. The van der Waals surface area contributed by atoms with E-state index >= 15 is 0 Å². The maximum Gasteiger partial charge on any atom is 0.0146 e. The van der Waals surface area contributed by atoms with E-state index in [0.29, 0.717) is 6.54 Å². The number of anilines is 3. The molecule has 50 heavy (non-hydrogen) atoms. The summed E-state index contributed by atoms with van der Waals surface area (Å²) in [6.45, 7) is 28.8. The van der Waals surface area contributed by atoms with E-state index in [9.17, 15) is 4.39 Å². The number of aliphatic hydroxyl groups is 1. The fourth-order valence-electron chi connectivity index (χ4n) is 6.72. The molecule has 1 fully saturated rings. The Hall–Kier alpha value is -2.92. The van der Waals surface area contributed by atoms with Crippen LogP contribution in [0.3, 0.4) is 0 Å². The van der Waals surface area contributed by atoms with Crippen molar-refractivity contribution in [3.05, 3.63) is 123 Å². The Morgan fingerprint density at radius 3 is 1.80 bits per heavy atom. The molecule has 0 atom stereocenters. The van der Waals surface area contributed by atoms with Crippen LogP contribution in [0.4, 0.5) is 21.5 Å². The first kappa shape index (κ1) is 39.9. The number of aromatic hydroxyl groups is 1. The minimum atomic E-state index is -2.04. The second kappa shape index (κ2) is 17.1. The summed E-state index contributed by atoms with van der Waals surface area (Å²) in [5.74, 6) is 0.631. The second-order valence-electron chi connectivity index (χ2n) is 14.7. The minimum Gasteiger partial charge on any atom is -0.502 e. The number of hydrogen-bond acceptors (Lipinski definition) is 3. The van der Waals surface area contributed by atoms with E-state index in [2.05, 4.69) is 140 Å². The van der Waals surface area contributed by atoms with E-state index in [1.165, 1.54) is 62.5 Å². The van der Waals surface area contributed by atoms with E-state index in [0.717, 1.165) is 35.7 Å². The van der Waals surface area contributed by atoms with E-state index < -0.39 is 13.5 Å². The molecule has 4 aromatic carbocycles. The van der Waals surface area contributed by atoms with Crippen molar-refractivity contribution >= 4 is 41.1 Å². The van der Waals surface area contributed by atoms with Crippen molar-refractivity contribution in [1.82, 2.24) is 0 Å². The molecular weight excluding hydrogens is 753 g/mol. The summed E-state index contributed by atoms with van der Waals surface area (Å²) in [6.07, 6.45) is 0.195. The number of rotatable bonds is 8. The van der Waals surface area contributed by atoms with Gasteiger partial charge in [-0.05, 0) is 63.8 Å². The molecule has 2 N–H and O–H groups in total. The van der Waals surface area contributed by atoms with Crippen LogP contribution < -0.4 is 15.1 Å². The predicted octanol–water partition coefficient (Wildman–Crippen LogP) is 11.4. The van der Waals surface area contributed by atoms with Crippen molar-refractivity contribution < 1.29 is 22.6 Å². The van der Waals surface area contributed by atoms with E-state index in [4.69, 9.17) is 24.1 Å². The van der Waals surface area contributed by atoms with Gasteiger partial charge in [-0.3, -0.25) is 0 Å². The summed E-state index contributed by atoms with van der Waals surface area (Å²) < 4.78 is 20.1. The molecule has 272 valence electrons.